The van der Waals surface area contributed by atoms with Crippen molar-refractivity contribution >= 4 is 11.6 Å². The van der Waals surface area contributed by atoms with E-state index >= 15 is 0 Å². The Morgan fingerprint density at radius 1 is 1.38 bits per heavy atom. The van der Waals surface area contributed by atoms with Crippen molar-refractivity contribution in [2.24, 2.45) is 0 Å². The van der Waals surface area contributed by atoms with Crippen LogP contribution in [0.2, 0.25) is 0 Å². The maximum atomic E-state index is 12.5. The first kappa shape index (κ1) is 15.8. The summed E-state index contributed by atoms with van der Waals surface area (Å²) in [7, 11) is 7.86. The zero-order chi connectivity index (χ0) is 15.4. The molecule has 0 aromatic heterocycles. The quantitative estimate of drug-likeness (QED) is 0.834. The van der Waals surface area contributed by atoms with Crippen LogP contribution in [0.4, 0.5) is 5.69 Å². The van der Waals surface area contributed by atoms with Crippen molar-refractivity contribution in [2.45, 2.75) is 6.10 Å². The second-order valence-corrected chi connectivity index (χ2v) is 5.89. The van der Waals surface area contributed by atoms with Crippen LogP contribution in [0, 0.1) is 0 Å². The van der Waals surface area contributed by atoms with Crippen molar-refractivity contribution in [3.05, 3.63) is 29.8 Å². The van der Waals surface area contributed by atoms with Crippen LogP contribution in [-0.2, 0) is 4.74 Å². The lowest BCUT2D eigenvalue weighted by Gasteiger charge is -2.32. The minimum absolute atomic E-state index is 0.0375. The molecule has 1 aliphatic rings. The van der Waals surface area contributed by atoms with E-state index in [1.165, 1.54) is 0 Å². The molecule has 21 heavy (non-hydrogen) atoms. The van der Waals surface area contributed by atoms with Gasteiger partial charge in [-0.1, -0.05) is 6.07 Å². The van der Waals surface area contributed by atoms with Gasteiger partial charge in [0.25, 0.3) is 5.91 Å². The lowest BCUT2D eigenvalue weighted by molar-refractivity contribution is -0.0301. The number of carbonyl (C=O) groups is 1. The normalized spacial score (nSPS) is 19.3. The molecule has 2 rings (SSSR count). The molecule has 1 aliphatic heterocycles. The zero-order valence-electron chi connectivity index (χ0n) is 13.4. The van der Waals surface area contributed by atoms with Gasteiger partial charge in [-0.15, -0.1) is 0 Å². The van der Waals surface area contributed by atoms with E-state index in [4.69, 9.17) is 4.74 Å². The van der Waals surface area contributed by atoms with E-state index in [-0.39, 0.29) is 12.0 Å². The minimum Gasteiger partial charge on any atom is -0.378 e. The number of hydrogen-bond acceptors (Lipinski definition) is 4. The Kier molecular flexibility index (Phi) is 5.20. The van der Waals surface area contributed by atoms with Crippen LogP contribution in [0.15, 0.2) is 24.3 Å². The second kappa shape index (κ2) is 6.91. The van der Waals surface area contributed by atoms with Gasteiger partial charge in [0, 0.05) is 52.0 Å². The molecule has 1 atom stereocenters. The highest BCUT2D eigenvalue weighted by atomic mass is 16.5. The third-order valence-corrected chi connectivity index (χ3v) is 3.78. The molecule has 1 fully saturated rings. The number of benzene rings is 1. The van der Waals surface area contributed by atoms with Gasteiger partial charge < -0.3 is 19.4 Å². The van der Waals surface area contributed by atoms with Gasteiger partial charge in [-0.3, -0.25) is 4.79 Å². The molecule has 0 aliphatic carbocycles. The van der Waals surface area contributed by atoms with Gasteiger partial charge in [0.15, 0.2) is 0 Å². The molecule has 1 heterocycles. The maximum Gasteiger partial charge on any atom is 0.253 e. The van der Waals surface area contributed by atoms with E-state index in [0.29, 0.717) is 12.1 Å². The SMILES string of the molecule is CN1CCOC(CN(C)C(=O)c2cccc(N(C)C)c2)C1. The summed E-state index contributed by atoms with van der Waals surface area (Å²) in [5.74, 6) is 0.0375. The first-order valence-corrected chi connectivity index (χ1v) is 7.30. The molecule has 1 aromatic carbocycles. The number of rotatable bonds is 4. The highest BCUT2D eigenvalue weighted by Crippen LogP contribution is 2.15. The molecule has 1 saturated heterocycles. The molecule has 0 spiro atoms. The average Bonchev–Trinajstić information content (AvgIpc) is 2.46. The fraction of sp³-hybridized carbons (Fsp3) is 0.562. The largest absolute Gasteiger partial charge is 0.378 e. The van der Waals surface area contributed by atoms with Crippen LogP contribution in [0.3, 0.4) is 0 Å². The van der Waals surface area contributed by atoms with Gasteiger partial charge in [0.05, 0.1) is 12.7 Å². The van der Waals surface area contributed by atoms with Crippen molar-refractivity contribution in [2.75, 3.05) is 59.3 Å². The smallest absolute Gasteiger partial charge is 0.253 e. The van der Waals surface area contributed by atoms with Crippen LogP contribution in [-0.4, -0.2) is 76.2 Å². The summed E-state index contributed by atoms with van der Waals surface area (Å²) < 4.78 is 5.72. The molecule has 1 amide bonds. The van der Waals surface area contributed by atoms with E-state index in [9.17, 15) is 4.79 Å². The van der Waals surface area contributed by atoms with Crippen LogP contribution >= 0.6 is 0 Å². The number of carbonyl (C=O) groups excluding carboxylic acids is 1. The Bertz CT molecular complexity index is 490. The predicted molar refractivity (Wildman–Crippen MR) is 85.0 cm³/mol. The standard InChI is InChI=1S/C16H25N3O2/c1-17(2)14-7-5-6-13(10-14)16(20)19(4)12-15-11-18(3)8-9-21-15/h5-7,10,15H,8-9,11-12H2,1-4H3. The van der Waals surface area contributed by atoms with Crippen LogP contribution in [0.1, 0.15) is 10.4 Å². The van der Waals surface area contributed by atoms with Crippen molar-refractivity contribution in [3.63, 3.8) is 0 Å². The van der Waals surface area contributed by atoms with Crippen LogP contribution in [0.25, 0.3) is 0 Å². The summed E-state index contributed by atoms with van der Waals surface area (Å²) in [4.78, 5) is 18.5. The molecule has 1 aromatic rings. The first-order valence-electron chi connectivity index (χ1n) is 7.30. The summed E-state index contributed by atoms with van der Waals surface area (Å²) in [6, 6.07) is 7.70. The number of nitrogens with zero attached hydrogens (tertiary/aromatic N) is 3. The van der Waals surface area contributed by atoms with Crippen molar-refractivity contribution in [3.8, 4) is 0 Å². The van der Waals surface area contributed by atoms with Crippen LogP contribution < -0.4 is 4.90 Å². The number of ether oxygens (including phenoxy) is 1. The number of morpholine rings is 1. The Morgan fingerprint density at radius 2 is 2.14 bits per heavy atom. The Hall–Kier alpha value is -1.59. The van der Waals surface area contributed by atoms with Crippen molar-refractivity contribution in [1.82, 2.24) is 9.80 Å². The van der Waals surface area contributed by atoms with E-state index in [1.807, 2.05) is 50.3 Å². The molecule has 5 nitrogen and oxygen atoms in total. The topological polar surface area (TPSA) is 36.0 Å². The van der Waals surface area contributed by atoms with Crippen molar-refractivity contribution in [1.29, 1.82) is 0 Å². The number of anilines is 1. The predicted octanol–water partition coefficient (Wildman–Crippen LogP) is 1.16. The number of likely N-dealkylation sites (N-methyl/N-ethyl adjacent to an activating group) is 2. The second-order valence-electron chi connectivity index (χ2n) is 5.89. The van der Waals surface area contributed by atoms with Gasteiger partial charge >= 0.3 is 0 Å². The summed E-state index contributed by atoms with van der Waals surface area (Å²) in [6.45, 7) is 3.18. The fourth-order valence-corrected chi connectivity index (χ4v) is 2.50. The van der Waals surface area contributed by atoms with Gasteiger partial charge in [0.1, 0.15) is 0 Å². The van der Waals surface area contributed by atoms with Crippen LogP contribution in [0.5, 0.6) is 0 Å². The van der Waals surface area contributed by atoms with Gasteiger partial charge in [0.2, 0.25) is 0 Å². The number of hydrogen-bond donors (Lipinski definition) is 0. The highest BCUT2D eigenvalue weighted by Gasteiger charge is 2.22. The number of amides is 1. The van der Waals surface area contributed by atoms with Gasteiger partial charge in [-0.05, 0) is 25.2 Å². The Labute approximate surface area is 127 Å². The Morgan fingerprint density at radius 3 is 2.81 bits per heavy atom. The lowest BCUT2D eigenvalue weighted by Crippen LogP contribution is -2.46. The zero-order valence-corrected chi connectivity index (χ0v) is 13.4. The van der Waals surface area contributed by atoms with Gasteiger partial charge in [-0.2, -0.15) is 0 Å². The van der Waals surface area contributed by atoms with E-state index in [2.05, 4.69) is 11.9 Å². The molecule has 0 bridgehead atoms. The molecule has 1 unspecified atom stereocenters. The maximum absolute atomic E-state index is 12.5. The summed E-state index contributed by atoms with van der Waals surface area (Å²) in [6.07, 6.45) is 0.0923. The van der Waals surface area contributed by atoms with E-state index < -0.39 is 0 Å². The lowest BCUT2D eigenvalue weighted by atomic mass is 10.1. The summed E-state index contributed by atoms with van der Waals surface area (Å²) >= 11 is 0. The third kappa shape index (κ3) is 4.19. The monoisotopic (exact) mass is 291 g/mol. The molecule has 0 radical (unpaired) electrons. The summed E-state index contributed by atoms with van der Waals surface area (Å²) in [5, 5.41) is 0. The Balaban J connectivity index is 2.00. The van der Waals surface area contributed by atoms with E-state index in [0.717, 1.165) is 25.4 Å². The third-order valence-electron chi connectivity index (χ3n) is 3.78. The minimum atomic E-state index is 0.0375. The summed E-state index contributed by atoms with van der Waals surface area (Å²) in [5.41, 5.74) is 1.75. The molecular weight excluding hydrogens is 266 g/mol. The van der Waals surface area contributed by atoms with Gasteiger partial charge in [-0.25, -0.2) is 0 Å². The molecule has 5 heteroatoms. The average molecular weight is 291 g/mol. The van der Waals surface area contributed by atoms with Crippen molar-refractivity contribution < 1.29 is 9.53 Å². The molecular formula is C16H25N3O2. The molecule has 0 N–H and O–H groups in total. The molecule has 116 valence electrons. The van der Waals surface area contributed by atoms with E-state index in [1.54, 1.807) is 4.90 Å². The molecule has 0 saturated carbocycles. The highest BCUT2D eigenvalue weighted by molar-refractivity contribution is 5.95. The first-order chi connectivity index (χ1) is 9.97. The fourth-order valence-electron chi connectivity index (χ4n) is 2.50.